The Morgan fingerprint density at radius 1 is 0.443 bits per heavy atom. The van der Waals surface area contributed by atoms with Crippen molar-refractivity contribution < 1.29 is 31.7 Å². The molecule has 10 rings (SSSR count). The molecule has 20 heteroatoms. The van der Waals surface area contributed by atoms with Gasteiger partial charge < -0.3 is 0 Å². The second-order valence-corrected chi connectivity index (χ2v) is 21.7. The Balaban J connectivity index is 0.000000171. The maximum absolute atomic E-state index is 6.81. The fourth-order valence-electron chi connectivity index (χ4n) is 7.39. The molecule has 61 heavy (non-hydrogen) atoms. The number of halogens is 12. The van der Waals surface area contributed by atoms with Crippen molar-refractivity contribution in [2.45, 2.75) is 25.9 Å². The Kier molecular flexibility index (Phi) is 11.1. The molecule has 0 aromatic heterocycles. The molecular weight excluding hydrogens is 1060 g/mol. The van der Waals surface area contributed by atoms with Crippen LogP contribution in [0.1, 0.15) is 36.1 Å². The van der Waals surface area contributed by atoms with Crippen LogP contribution >= 0.6 is 147 Å². The average molecular weight is 1080 g/mol. The monoisotopic (exact) mass is 1070 g/mol. The number of rotatable bonds is 3. The van der Waals surface area contributed by atoms with Gasteiger partial charge in [-0.25, -0.2) is 4.58 Å². The summed E-state index contributed by atoms with van der Waals surface area (Å²) in [4.78, 5) is 0. The van der Waals surface area contributed by atoms with Crippen molar-refractivity contribution in [1.82, 2.24) is 0 Å². The molecule has 6 aromatic carbocycles. The number of nitrogens with zero attached hydrogens (tertiary/aromatic N) is 1. The van der Waals surface area contributed by atoms with Gasteiger partial charge in [0.2, 0.25) is 0 Å². The molecule has 0 amide bonds. The molecule has 4 heterocycles. The standard InChI is InChI=1S/C23H22N.C18Cl12O6P/c1-2-23(18-10-4-3-5-11-18)24-16-19-12-6-8-14-21(19)22-15-9-7-13-20(22)17-24;19-1-2(20)8(26)14-13(7(1)25)31-37(32-14,33-15-9(27)3(21)4(22)10(28)16(15)34-37)35-17-11(29)5(23)6(24)12(30)18(17)36-37/h3-16,23H,2,17H2,1H3;/q+1;-1/t23-;/m0./s1. The molecule has 7 nitrogen and oxygen atoms in total. The minimum atomic E-state index is -6.81. The molecule has 1 spiro atoms. The summed E-state index contributed by atoms with van der Waals surface area (Å²) in [7, 11) is -6.81. The van der Waals surface area contributed by atoms with Crippen molar-refractivity contribution in [2.24, 2.45) is 0 Å². The van der Waals surface area contributed by atoms with E-state index in [1.54, 1.807) is 0 Å². The van der Waals surface area contributed by atoms with Gasteiger partial charge in [-0.15, -0.1) is 0 Å². The third kappa shape index (κ3) is 6.68. The molecule has 0 fully saturated rings. The van der Waals surface area contributed by atoms with Crippen molar-refractivity contribution in [3.8, 4) is 45.6 Å². The Morgan fingerprint density at radius 3 is 1.18 bits per heavy atom. The van der Waals surface area contributed by atoms with E-state index in [1.165, 1.54) is 27.8 Å². The topological polar surface area (TPSA) is 58.4 Å². The van der Waals surface area contributed by atoms with Crippen LogP contribution in [0.2, 0.25) is 60.3 Å². The molecule has 0 saturated heterocycles. The summed E-state index contributed by atoms with van der Waals surface area (Å²) < 4.78 is 39.4. The zero-order valence-electron chi connectivity index (χ0n) is 30.5. The third-order valence-electron chi connectivity index (χ3n) is 10.1. The normalized spacial score (nSPS) is 17.8. The van der Waals surface area contributed by atoms with E-state index in [1.807, 2.05) is 0 Å². The first-order valence-corrected chi connectivity index (χ1v) is 24.5. The number of hydrogen-bond donors (Lipinski definition) is 0. The molecule has 0 N–H and O–H groups in total. The molecule has 4 aliphatic heterocycles. The minimum absolute atomic E-state index is 0.205. The van der Waals surface area contributed by atoms with Gasteiger partial charge in [-0.3, -0.25) is 0 Å². The van der Waals surface area contributed by atoms with Crippen LogP contribution in [0.4, 0.5) is 0 Å². The van der Waals surface area contributed by atoms with Crippen LogP contribution in [0.15, 0.2) is 78.9 Å². The number of benzene rings is 6. The SMILES string of the molecule is CC[C@@H](c1ccccc1)[N+]1=Cc2ccccc2-c2ccccc2C1.Clc1c(Cl)c(Cl)c2c(c1Cl)O[P-]13(O2)(Oc2c(Cl)c(Cl)c(Cl)c(Cl)c2O1)Oc1c(Cl)c(Cl)c(Cl)c(Cl)c1O3. The van der Waals surface area contributed by atoms with E-state index in [0.29, 0.717) is 6.04 Å². The maximum atomic E-state index is 6.42. The first-order valence-electron chi connectivity index (χ1n) is 17.8. The van der Waals surface area contributed by atoms with Crippen molar-refractivity contribution in [1.29, 1.82) is 0 Å². The molecule has 0 bridgehead atoms. The van der Waals surface area contributed by atoms with Crippen molar-refractivity contribution in [3.63, 3.8) is 0 Å². The van der Waals surface area contributed by atoms with Crippen LogP contribution in [-0.4, -0.2) is 10.8 Å². The second kappa shape index (κ2) is 15.4. The Labute approximate surface area is 408 Å². The Bertz CT molecular complexity index is 2630. The first kappa shape index (κ1) is 43.9. The van der Waals surface area contributed by atoms with E-state index < -0.39 is 7.31 Å². The summed E-state index contributed by atoms with van der Waals surface area (Å²) in [6, 6.07) is 28.8. The predicted octanol–water partition coefficient (Wildman–Crippen LogP) is 18.3. The van der Waals surface area contributed by atoms with E-state index in [4.69, 9.17) is 166 Å². The molecule has 0 saturated carbocycles. The summed E-state index contributed by atoms with van der Waals surface area (Å²) in [5.74, 6) is -2.13. The predicted molar refractivity (Wildman–Crippen MR) is 251 cm³/mol. The zero-order chi connectivity index (χ0) is 43.4. The number of hydrogen-bond acceptors (Lipinski definition) is 6. The van der Waals surface area contributed by atoms with Crippen LogP contribution in [-0.2, 0) is 6.54 Å². The van der Waals surface area contributed by atoms with E-state index >= 15 is 0 Å². The second-order valence-electron chi connectivity index (χ2n) is 13.8. The summed E-state index contributed by atoms with van der Waals surface area (Å²) >= 11 is 75.9. The van der Waals surface area contributed by atoms with Gasteiger partial charge in [0.25, 0.3) is 0 Å². The molecule has 4 aliphatic rings. The first-order chi connectivity index (χ1) is 29.0. The summed E-state index contributed by atoms with van der Waals surface area (Å²) in [6.45, 7) is 3.21. The van der Waals surface area contributed by atoms with Gasteiger partial charge in [0.1, 0.15) is 0 Å². The average Bonchev–Trinajstić information content (AvgIpc) is 3.83. The van der Waals surface area contributed by atoms with Crippen LogP contribution in [0.3, 0.4) is 0 Å². The zero-order valence-corrected chi connectivity index (χ0v) is 40.4. The van der Waals surface area contributed by atoms with Crippen molar-refractivity contribution in [3.05, 3.63) is 156 Å². The van der Waals surface area contributed by atoms with Crippen molar-refractivity contribution >= 4 is 153 Å². The number of fused-ring (bicyclic) bond motifs is 6. The third-order valence-corrected chi connectivity index (χ3v) is 18.7. The van der Waals surface area contributed by atoms with Crippen LogP contribution < -0.4 is 27.1 Å². The van der Waals surface area contributed by atoms with Crippen molar-refractivity contribution in [2.75, 3.05) is 0 Å². The summed E-state index contributed by atoms with van der Waals surface area (Å²) in [6.07, 6.45) is 3.43. The van der Waals surface area contributed by atoms with Gasteiger partial charge in [-0.05, 0) is 17.2 Å². The fourth-order valence-corrected chi connectivity index (χ4v) is 14.2. The molecule has 316 valence electrons. The van der Waals surface area contributed by atoms with Gasteiger partial charge in [-0.1, -0.05) is 79.7 Å². The Hall–Kier alpha value is -2.30. The molecule has 1 atom stereocenters. The van der Waals surface area contributed by atoms with Gasteiger partial charge in [0.05, 0.1) is 0 Å². The van der Waals surface area contributed by atoms with Gasteiger partial charge >= 0.3 is 268 Å². The van der Waals surface area contributed by atoms with E-state index in [0.717, 1.165) is 13.0 Å². The van der Waals surface area contributed by atoms with Crippen LogP contribution in [0, 0.1) is 0 Å². The fraction of sp³-hybridized carbons (Fsp3) is 0.0976. The molecule has 0 unspecified atom stereocenters. The van der Waals surface area contributed by atoms with E-state index in [2.05, 4.69) is 96.6 Å². The van der Waals surface area contributed by atoms with E-state index in [-0.39, 0.29) is 94.8 Å². The van der Waals surface area contributed by atoms with Crippen LogP contribution in [0.5, 0.6) is 34.5 Å². The quantitative estimate of drug-likeness (QED) is 0.0762. The summed E-state index contributed by atoms with van der Waals surface area (Å²) in [5, 5.41) is -2.92. The van der Waals surface area contributed by atoms with Gasteiger partial charge in [0, 0.05) is 23.1 Å². The molecule has 6 aromatic rings. The van der Waals surface area contributed by atoms with E-state index in [9.17, 15) is 0 Å². The molecule has 0 radical (unpaired) electrons. The molecule has 0 aliphatic carbocycles. The molecular formula is C41H22Cl12NO6P. The Morgan fingerprint density at radius 2 is 0.787 bits per heavy atom. The summed E-state index contributed by atoms with van der Waals surface area (Å²) in [5.41, 5.74) is 6.77. The van der Waals surface area contributed by atoms with Crippen LogP contribution in [0.25, 0.3) is 11.1 Å². The van der Waals surface area contributed by atoms with Gasteiger partial charge in [-0.2, -0.15) is 0 Å². The van der Waals surface area contributed by atoms with Gasteiger partial charge in [0.15, 0.2) is 18.8 Å².